The van der Waals surface area contributed by atoms with Gasteiger partial charge in [0.15, 0.2) is 11.5 Å². The van der Waals surface area contributed by atoms with Crippen molar-refractivity contribution in [3.63, 3.8) is 0 Å². The third kappa shape index (κ3) is 4.98. The highest BCUT2D eigenvalue weighted by atomic mass is 16.6. The number of ether oxygens (including phenoxy) is 6. The van der Waals surface area contributed by atoms with E-state index in [9.17, 15) is 15.3 Å². The Bertz CT molecular complexity index is 1760. The third-order valence-corrected chi connectivity index (χ3v) is 15.5. The van der Waals surface area contributed by atoms with Crippen molar-refractivity contribution in [1.29, 1.82) is 0 Å². The molecule has 2 aromatic rings. The number of hydrogen-bond acceptors (Lipinski definition) is 11. The molecule has 10 atom stereocenters. The monoisotopic (exact) mass is 770 g/mol. The van der Waals surface area contributed by atoms with Crippen molar-refractivity contribution >= 4 is 0 Å². The van der Waals surface area contributed by atoms with Crippen LogP contribution in [-0.2, 0) is 42.6 Å². The van der Waals surface area contributed by atoms with Crippen molar-refractivity contribution in [2.45, 2.75) is 117 Å². The topological polar surface area (TPSA) is 123 Å². The predicted octanol–water partition coefficient (Wildman–Crippen LogP) is 3.88. The molecule has 4 aliphatic heterocycles. The van der Waals surface area contributed by atoms with Crippen molar-refractivity contribution in [3.8, 4) is 17.2 Å². The molecular formula is C45H58N2O9. The smallest absolute Gasteiger partial charge is 0.165 e. The summed E-state index contributed by atoms with van der Waals surface area (Å²) < 4.78 is 38.3. The van der Waals surface area contributed by atoms with E-state index in [1.165, 1.54) is 11.1 Å². The van der Waals surface area contributed by atoms with Crippen LogP contribution >= 0.6 is 0 Å². The van der Waals surface area contributed by atoms with Gasteiger partial charge in [-0.3, -0.25) is 9.80 Å². The van der Waals surface area contributed by atoms with Crippen molar-refractivity contribution in [2.24, 2.45) is 0 Å². The van der Waals surface area contributed by atoms with E-state index in [2.05, 4.69) is 42.0 Å². The number of benzene rings is 2. The van der Waals surface area contributed by atoms with Gasteiger partial charge in [0.05, 0.1) is 73.9 Å². The first-order valence-electron chi connectivity index (χ1n) is 21.1. The van der Waals surface area contributed by atoms with Crippen molar-refractivity contribution < 1.29 is 43.7 Å². The second-order valence-electron chi connectivity index (χ2n) is 17.7. The second-order valence-corrected chi connectivity index (χ2v) is 17.7. The van der Waals surface area contributed by atoms with E-state index >= 15 is 0 Å². The molecule has 0 radical (unpaired) electrons. The lowest BCUT2D eigenvalue weighted by Gasteiger charge is -2.64. The fourth-order valence-electron chi connectivity index (χ4n) is 13.3. The van der Waals surface area contributed by atoms with E-state index in [1.807, 2.05) is 18.2 Å². The number of aromatic hydroxyl groups is 1. The van der Waals surface area contributed by atoms with Gasteiger partial charge in [-0.15, -0.1) is 13.2 Å². The lowest BCUT2D eigenvalue weighted by Crippen LogP contribution is -2.77. The predicted molar refractivity (Wildman–Crippen MR) is 209 cm³/mol. The van der Waals surface area contributed by atoms with Gasteiger partial charge in [0.2, 0.25) is 0 Å². The molecule has 2 saturated heterocycles. The van der Waals surface area contributed by atoms with E-state index in [0.29, 0.717) is 64.7 Å². The van der Waals surface area contributed by atoms with Crippen molar-refractivity contribution in [1.82, 2.24) is 9.80 Å². The van der Waals surface area contributed by atoms with Crippen molar-refractivity contribution in [2.75, 3.05) is 65.8 Å². The summed E-state index contributed by atoms with van der Waals surface area (Å²) in [4.78, 5) is 4.77. The van der Waals surface area contributed by atoms with Crippen LogP contribution in [0.3, 0.4) is 0 Å². The Labute approximate surface area is 330 Å². The first kappa shape index (κ1) is 37.3. The minimum Gasteiger partial charge on any atom is -0.504 e. The maximum Gasteiger partial charge on any atom is 0.165 e. The molecule has 10 rings (SSSR count). The minimum atomic E-state index is -0.970. The first-order chi connectivity index (χ1) is 27.2. The lowest BCUT2D eigenvalue weighted by molar-refractivity contribution is -0.215. The van der Waals surface area contributed by atoms with Crippen LogP contribution in [0.1, 0.15) is 66.3 Å². The summed E-state index contributed by atoms with van der Waals surface area (Å²) in [6.07, 6.45) is 8.75. The van der Waals surface area contributed by atoms with Crippen LogP contribution in [0.5, 0.6) is 17.2 Å². The number of aliphatic hydroxyl groups is 2. The average molecular weight is 771 g/mol. The molecule has 0 aromatic heterocycles. The van der Waals surface area contributed by atoms with Crippen LogP contribution in [0, 0.1) is 6.92 Å². The van der Waals surface area contributed by atoms with Crippen molar-refractivity contribution in [3.05, 3.63) is 77.4 Å². The normalized spacial score (nSPS) is 38.3. The molecule has 2 saturated carbocycles. The van der Waals surface area contributed by atoms with E-state index in [4.69, 9.17) is 28.4 Å². The van der Waals surface area contributed by atoms with E-state index in [0.717, 1.165) is 80.7 Å². The molecule has 0 amide bonds. The fourth-order valence-corrected chi connectivity index (χ4v) is 13.3. The fraction of sp³-hybridized carbons (Fsp3) is 0.644. The first-order valence-corrected chi connectivity index (χ1v) is 21.1. The van der Waals surface area contributed by atoms with Crippen LogP contribution in [0.25, 0.3) is 0 Å². The SMILES string of the molecule is C=CCN1CC[C@]23c4c5ccc(O)c4OC2C(OCCOCCOCCOC2CC[C@@]4(O)C6Cc7ccc(C)c8c7[C@@]4(CCN6CC=C)[C@H]2O8)CC[C@@]3(O)C1C5. The van der Waals surface area contributed by atoms with Gasteiger partial charge in [0.25, 0.3) is 0 Å². The van der Waals surface area contributed by atoms with Gasteiger partial charge in [0, 0.05) is 36.3 Å². The Hall–Kier alpha value is -3.00. The number of piperidine rings is 2. The summed E-state index contributed by atoms with van der Waals surface area (Å²) in [5.41, 5.74) is 2.87. The second kappa shape index (κ2) is 13.8. The molecule has 11 heteroatoms. The molecular weight excluding hydrogens is 712 g/mol. The van der Waals surface area contributed by atoms with Gasteiger partial charge < -0.3 is 43.7 Å². The Kier molecular flexibility index (Phi) is 9.19. The van der Waals surface area contributed by atoms with E-state index in [1.54, 1.807) is 6.07 Å². The Balaban J connectivity index is 0.706. The molecule has 4 bridgehead atoms. The highest BCUT2D eigenvalue weighted by Gasteiger charge is 2.74. The van der Waals surface area contributed by atoms with Gasteiger partial charge in [-0.2, -0.15) is 0 Å². The average Bonchev–Trinajstić information content (AvgIpc) is 3.73. The highest BCUT2D eigenvalue weighted by molar-refractivity contribution is 5.63. The summed E-state index contributed by atoms with van der Waals surface area (Å²) in [5.74, 6) is 1.62. The standard InChI is InChI=1S/C45H58N2O9/c1-4-16-46-18-14-42-36-29-7-6-28(3)38(36)55-40(42)32(10-12-44(42,49)34(46)26-29)53-24-22-51-20-21-52-23-25-54-33-11-13-45(50)35-27-30-8-9-31(48)39-37(30)43(45,41(33)56-39)15-19-47(35)17-5-2/h4-9,32-35,40-41,48-50H,1-2,10-27H2,3H3/t32?,33?,34?,35?,40-,41?,42-,43-,44+,45+/m0/s1. The Morgan fingerprint density at radius 3 is 1.71 bits per heavy atom. The lowest BCUT2D eigenvalue weighted by atomic mass is 9.48. The zero-order valence-electron chi connectivity index (χ0n) is 32.8. The number of phenolic OH excluding ortho intramolecular Hbond substituents is 1. The summed E-state index contributed by atoms with van der Waals surface area (Å²) in [6, 6.07) is 8.14. The highest BCUT2D eigenvalue weighted by Crippen LogP contribution is 2.67. The third-order valence-electron chi connectivity index (χ3n) is 15.5. The zero-order chi connectivity index (χ0) is 38.5. The summed E-state index contributed by atoms with van der Waals surface area (Å²) in [7, 11) is 0. The largest absolute Gasteiger partial charge is 0.504 e. The maximum absolute atomic E-state index is 12.6. The summed E-state index contributed by atoms with van der Waals surface area (Å²) in [6.45, 7) is 15.9. The van der Waals surface area contributed by atoms with Crippen LogP contribution in [-0.4, -0.2) is 139 Å². The Morgan fingerprint density at radius 2 is 1.18 bits per heavy atom. The molecule has 11 nitrogen and oxygen atoms in total. The van der Waals surface area contributed by atoms with Gasteiger partial charge in [-0.1, -0.05) is 30.4 Å². The Morgan fingerprint density at radius 1 is 0.696 bits per heavy atom. The molecule has 4 fully saturated rings. The van der Waals surface area contributed by atoms with Crippen LogP contribution in [0.4, 0.5) is 0 Å². The number of nitrogens with zero attached hydrogens (tertiary/aromatic N) is 2. The molecule has 2 aromatic carbocycles. The summed E-state index contributed by atoms with van der Waals surface area (Å²) >= 11 is 0. The minimum absolute atomic E-state index is 0.0356. The quantitative estimate of drug-likeness (QED) is 0.181. The van der Waals surface area contributed by atoms with E-state index < -0.39 is 22.0 Å². The number of phenols is 1. The van der Waals surface area contributed by atoms with Gasteiger partial charge in [-0.25, -0.2) is 0 Å². The van der Waals surface area contributed by atoms with Gasteiger partial charge in [0.1, 0.15) is 18.0 Å². The van der Waals surface area contributed by atoms with Gasteiger partial charge >= 0.3 is 0 Å². The van der Waals surface area contributed by atoms with Crippen LogP contribution < -0.4 is 9.47 Å². The van der Waals surface area contributed by atoms with Crippen LogP contribution in [0.2, 0.25) is 0 Å². The molecule has 3 N–H and O–H groups in total. The molecule has 8 aliphatic rings. The molecule has 5 unspecified atom stereocenters. The van der Waals surface area contributed by atoms with Crippen LogP contribution in [0.15, 0.2) is 49.6 Å². The van der Waals surface area contributed by atoms with Gasteiger partial charge in [-0.05, 0) is 94.1 Å². The molecule has 56 heavy (non-hydrogen) atoms. The summed E-state index contributed by atoms with van der Waals surface area (Å²) in [5, 5.41) is 36.0. The zero-order valence-corrected chi connectivity index (χ0v) is 32.8. The number of rotatable bonds is 15. The number of hydrogen-bond donors (Lipinski definition) is 3. The number of likely N-dealkylation sites (tertiary alicyclic amines) is 2. The molecule has 302 valence electrons. The maximum atomic E-state index is 12.6. The number of aryl methyl sites for hydroxylation is 1. The molecule has 4 heterocycles. The van der Waals surface area contributed by atoms with E-state index in [-0.39, 0.29) is 42.2 Å². The molecule has 4 aliphatic carbocycles. The molecule has 2 spiro atoms.